The molecule has 1 aliphatic heterocycles. The fourth-order valence-corrected chi connectivity index (χ4v) is 4.38. The number of fused-ring (bicyclic) bond motifs is 1. The maximum atomic E-state index is 13.2. The van der Waals surface area contributed by atoms with Crippen molar-refractivity contribution in [3.05, 3.63) is 57.3 Å². The molecule has 3 rings (SSSR count). The van der Waals surface area contributed by atoms with E-state index in [1.54, 1.807) is 11.8 Å². The summed E-state index contributed by atoms with van der Waals surface area (Å²) < 4.78 is 13.6. The molecule has 0 radical (unpaired) electrons. The van der Waals surface area contributed by atoms with Crippen LogP contribution in [0.3, 0.4) is 0 Å². The third-order valence-corrected chi connectivity index (χ3v) is 5.38. The molecule has 0 aromatic heterocycles. The molecule has 2 aromatic carbocycles. The van der Waals surface area contributed by atoms with Gasteiger partial charge in [-0.1, -0.05) is 29.8 Å². The lowest BCUT2D eigenvalue weighted by Gasteiger charge is -2.14. The second kappa shape index (κ2) is 5.99. The van der Waals surface area contributed by atoms with E-state index in [1.165, 1.54) is 12.1 Å². The third kappa shape index (κ3) is 2.96. The van der Waals surface area contributed by atoms with Crippen LogP contribution in [0.15, 0.2) is 45.8 Å². The van der Waals surface area contributed by atoms with E-state index in [0.717, 1.165) is 10.5 Å². The largest absolute Gasteiger partial charge is 0.323 e. The normalized spacial score (nSPS) is 16.6. The van der Waals surface area contributed by atoms with Crippen LogP contribution in [0.25, 0.3) is 0 Å². The van der Waals surface area contributed by atoms with Crippen LogP contribution in [0.5, 0.6) is 0 Å². The van der Waals surface area contributed by atoms with E-state index in [9.17, 15) is 9.18 Å². The van der Waals surface area contributed by atoms with Gasteiger partial charge in [-0.2, -0.15) is 0 Å². The SMILES string of the molecule is O=C(Nc1c(Cl)cc(F)cc1Br)C1CSc2ccccc21. The minimum atomic E-state index is -0.452. The molecule has 0 saturated carbocycles. The molecule has 1 atom stereocenters. The Morgan fingerprint density at radius 1 is 1.38 bits per heavy atom. The van der Waals surface area contributed by atoms with Crippen molar-refractivity contribution in [2.75, 3.05) is 11.1 Å². The standard InChI is InChI=1S/C15H10BrClFNOS/c16-11-5-8(18)6-12(17)14(11)19-15(20)10-7-21-13-4-2-1-3-9(10)13/h1-6,10H,7H2,(H,19,20). The molecule has 108 valence electrons. The molecule has 1 unspecified atom stereocenters. The van der Waals surface area contributed by atoms with Crippen LogP contribution in [0.2, 0.25) is 5.02 Å². The molecule has 1 heterocycles. The number of anilines is 1. The minimum absolute atomic E-state index is 0.137. The summed E-state index contributed by atoms with van der Waals surface area (Å²) in [6, 6.07) is 10.3. The van der Waals surface area contributed by atoms with Gasteiger partial charge >= 0.3 is 0 Å². The van der Waals surface area contributed by atoms with Gasteiger partial charge in [-0.3, -0.25) is 4.79 Å². The summed E-state index contributed by atoms with van der Waals surface area (Å²) in [6.45, 7) is 0. The van der Waals surface area contributed by atoms with Crippen LogP contribution >= 0.6 is 39.3 Å². The van der Waals surface area contributed by atoms with Crippen molar-refractivity contribution < 1.29 is 9.18 Å². The summed E-state index contributed by atoms with van der Waals surface area (Å²) in [7, 11) is 0. The minimum Gasteiger partial charge on any atom is -0.323 e. The molecule has 0 aliphatic carbocycles. The number of hydrogen-bond donors (Lipinski definition) is 1. The molecule has 0 fully saturated rings. The van der Waals surface area contributed by atoms with Gasteiger partial charge in [-0.05, 0) is 39.7 Å². The highest BCUT2D eigenvalue weighted by Crippen LogP contribution is 2.40. The molecular formula is C15H10BrClFNOS. The van der Waals surface area contributed by atoms with Crippen LogP contribution < -0.4 is 5.32 Å². The van der Waals surface area contributed by atoms with E-state index < -0.39 is 5.82 Å². The Bertz CT molecular complexity index is 702. The molecule has 6 heteroatoms. The highest BCUT2D eigenvalue weighted by molar-refractivity contribution is 9.10. The first-order chi connectivity index (χ1) is 10.1. The number of hydrogen-bond acceptors (Lipinski definition) is 2. The maximum absolute atomic E-state index is 13.2. The van der Waals surface area contributed by atoms with Crippen molar-refractivity contribution in [2.45, 2.75) is 10.8 Å². The molecule has 0 bridgehead atoms. The number of benzene rings is 2. The van der Waals surface area contributed by atoms with E-state index in [1.807, 2.05) is 24.3 Å². The van der Waals surface area contributed by atoms with Gasteiger partial charge in [-0.25, -0.2) is 4.39 Å². The second-order valence-electron chi connectivity index (χ2n) is 4.64. The molecule has 1 aliphatic rings. The maximum Gasteiger partial charge on any atom is 0.232 e. The second-order valence-corrected chi connectivity index (χ2v) is 6.96. The summed E-state index contributed by atoms with van der Waals surface area (Å²) in [5.41, 5.74) is 1.42. The van der Waals surface area contributed by atoms with E-state index in [0.29, 0.717) is 15.9 Å². The van der Waals surface area contributed by atoms with Gasteiger partial charge in [0.2, 0.25) is 5.91 Å². The van der Waals surface area contributed by atoms with Crippen LogP contribution in [-0.2, 0) is 4.79 Å². The first-order valence-corrected chi connectivity index (χ1v) is 8.39. The summed E-state index contributed by atoms with van der Waals surface area (Å²) in [4.78, 5) is 13.6. The lowest BCUT2D eigenvalue weighted by molar-refractivity contribution is -0.117. The van der Waals surface area contributed by atoms with Crippen LogP contribution in [0.4, 0.5) is 10.1 Å². The van der Waals surface area contributed by atoms with Gasteiger partial charge in [0.25, 0.3) is 0 Å². The van der Waals surface area contributed by atoms with Crippen molar-refractivity contribution in [3.63, 3.8) is 0 Å². The zero-order valence-corrected chi connectivity index (χ0v) is 13.9. The Balaban J connectivity index is 1.86. The van der Waals surface area contributed by atoms with Crippen molar-refractivity contribution in [3.8, 4) is 0 Å². The van der Waals surface area contributed by atoms with Gasteiger partial charge in [0, 0.05) is 15.1 Å². The van der Waals surface area contributed by atoms with E-state index >= 15 is 0 Å². The Morgan fingerprint density at radius 3 is 2.90 bits per heavy atom. The average Bonchev–Trinajstić information content (AvgIpc) is 2.86. The third-order valence-electron chi connectivity index (χ3n) is 3.27. The van der Waals surface area contributed by atoms with Crippen molar-refractivity contribution in [1.29, 1.82) is 0 Å². The van der Waals surface area contributed by atoms with Crippen molar-refractivity contribution in [2.24, 2.45) is 0 Å². The monoisotopic (exact) mass is 385 g/mol. The van der Waals surface area contributed by atoms with Gasteiger partial charge in [0.05, 0.1) is 16.6 Å². The topological polar surface area (TPSA) is 29.1 Å². The smallest absolute Gasteiger partial charge is 0.232 e. The van der Waals surface area contributed by atoms with Gasteiger partial charge < -0.3 is 5.32 Å². The lowest BCUT2D eigenvalue weighted by Crippen LogP contribution is -2.21. The molecule has 21 heavy (non-hydrogen) atoms. The highest BCUT2D eigenvalue weighted by atomic mass is 79.9. The Hall–Kier alpha value is -1.04. The molecular weight excluding hydrogens is 377 g/mol. The number of nitrogens with one attached hydrogen (secondary N) is 1. The number of carbonyl (C=O) groups excluding carboxylic acids is 1. The molecule has 0 spiro atoms. The van der Waals surface area contributed by atoms with Crippen LogP contribution in [0, 0.1) is 5.82 Å². The summed E-state index contributed by atoms with van der Waals surface area (Å²) in [5, 5.41) is 2.97. The Kier molecular flexibility index (Phi) is 4.24. The number of amides is 1. The zero-order chi connectivity index (χ0) is 15.0. The number of thioether (sulfide) groups is 1. The molecule has 2 aromatic rings. The van der Waals surface area contributed by atoms with Crippen molar-refractivity contribution in [1.82, 2.24) is 0 Å². The lowest BCUT2D eigenvalue weighted by atomic mass is 10.0. The summed E-state index contributed by atoms with van der Waals surface area (Å²) >= 11 is 10.9. The Morgan fingerprint density at radius 2 is 2.14 bits per heavy atom. The fraction of sp³-hybridized carbons (Fsp3) is 0.133. The Labute approximate surface area is 139 Å². The first-order valence-electron chi connectivity index (χ1n) is 6.23. The molecule has 1 amide bonds. The quantitative estimate of drug-likeness (QED) is 0.781. The van der Waals surface area contributed by atoms with Crippen LogP contribution in [0.1, 0.15) is 11.5 Å². The first kappa shape index (κ1) is 14.9. The average molecular weight is 387 g/mol. The van der Waals surface area contributed by atoms with Gasteiger partial charge in [-0.15, -0.1) is 11.8 Å². The summed E-state index contributed by atoms with van der Waals surface area (Å²) in [6.07, 6.45) is 0. The summed E-state index contributed by atoms with van der Waals surface area (Å²) in [5.74, 6) is -0.116. The van der Waals surface area contributed by atoms with Crippen LogP contribution in [-0.4, -0.2) is 11.7 Å². The molecule has 0 saturated heterocycles. The zero-order valence-electron chi connectivity index (χ0n) is 10.7. The van der Waals surface area contributed by atoms with E-state index in [2.05, 4.69) is 21.2 Å². The predicted octanol–water partition coefficient (Wildman–Crippen LogP) is 5.07. The molecule has 1 N–H and O–H groups in total. The predicted molar refractivity (Wildman–Crippen MR) is 87.6 cm³/mol. The van der Waals surface area contributed by atoms with E-state index in [4.69, 9.17) is 11.6 Å². The van der Waals surface area contributed by atoms with Gasteiger partial charge in [0.1, 0.15) is 5.82 Å². The number of rotatable bonds is 2. The van der Waals surface area contributed by atoms with Gasteiger partial charge in [0.15, 0.2) is 0 Å². The number of halogens is 3. The van der Waals surface area contributed by atoms with Crippen molar-refractivity contribution >= 4 is 50.9 Å². The fourth-order valence-electron chi connectivity index (χ4n) is 2.25. The molecule has 2 nitrogen and oxygen atoms in total. The van der Waals surface area contributed by atoms with E-state index in [-0.39, 0.29) is 16.8 Å². The number of carbonyl (C=O) groups is 1. The highest BCUT2D eigenvalue weighted by Gasteiger charge is 2.29.